The van der Waals surface area contributed by atoms with Crippen LogP contribution >= 0.6 is 43.2 Å². The molecule has 1 aromatic carbocycles. The second-order valence-electron chi connectivity index (χ2n) is 3.81. The van der Waals surface area contributed by atoms with Crippen LogP contribution in [0.3, 0.4) is 0 Å². The lowest BCUT2D eigenvalue weighted by atomic mass is 10.0. The summed E-state index contributed by atoms with van der Waals surface area (Å²) >= 11 is 7.99. The number of nitrogens with two attached hydrogens (primary N) is 1. The molecule has 0 fully saturated rings. The third-order valence-corrected chi connectivity index (χ3v) is 5.03. The van der Waals surface area contributed by atoms with Crippen molar-refractivity contribution in [1.82, 2.24) is 0 Å². The number of benzene rings is 1. The van der Waals surface area contributed by atoms with Gasteiger partial charge >= 0.3 is 0 Å². The number of halogens is 4. The highest BCUT2D eigenvalue weighted by atomic mass is 79.9. The van der Waals surface area contributed by atoms with Gasteiger partial charge in [-0.15, -0.1) is 11.3 Å². The van der Waals surface area contributed by atoms with Crippen molar-refractivity contribution in [3.8, 4) is 0 Å². The summed E-state index contributed by atoms with van der Waals surface area (Å²) in [6, 6.07) is 4.20. The second kappa shape index (κ2) is 5.77. The lowest BCUT2D eigenvalue weighted by molar-refractivity contribution is 0.500. The molecular formula is C12H9Br2F2NS. The molecule has 2 aromatic rings. The maximum absolute atomic E-state index is 13.4. The zero-order valence-electron chi connectivity index (χ0n) is 9.09. The molecule has 0 bridgehead atoms. The van der Waals surface area contributed by atoms with Crippen molar-refractivity contribution in [3.63, 3.8) is 0 Å². The quantitative estimate of drug-likeness (QED) is 0.741. The fourth-order valence-corrected chi connectivity index (χ4v) is 3.74. The Hall–Kier alpha value is -0.300. The van der Waals surface area contributed by atoms with E-state index < -0.39 is 11.6 Å². The Bertz CT molecular complexity index is 571. The van der Waals surface area contributed by atoms with Crippen molar-refractivity contribution in [2.45, 2.75) is 12.5 Å². The van der Waals surface area contributed by atoms with Crippen LogP contribution in [-0.4, -0.2) is 0 Å². The fourth-order valence-electron chi connectivity index (χ4n) is 1.61. The van der Waals surface area contributed by atoms with Crippen LogP contribution in [-0.2, 0) is 6.42 Å². The van der Waals surface area contributed by atoms with Crippen LogP contribution in [0.4, 0.5) is 8.78 Å². The average Bonchev–Trinajstić information content (AvgIpc) is 2.71. The summed E-state index contributed by atoms with van der Waals surface area (Å²) in [6.07, 6.45) is 0.583. The van der Waals surface area contributed by atoms with Gasteiger partial charge in [0.25, 0.3) is 0 Å². The van der Waals surface area contributed by atoms with E-state index in [0.717, 1.165) is 15.4 Å². The molecule has 0 amide bonds. The highest BCUT2D eigenvalue weighted by Gasteiger charge is 2.17. The molecule has 1 nitrogen and oxygen atoms in total. The molecule has 2 rings (SSSR count). The first-order valence-electron chi connectivity index (χ1n) is 5.11. The third-order valence-electron chi connectivity index (χ3n) is 2.51. The number of hydrogen-bond donors (Lipinski definition) is 1. The molecule has 0 saturated heterocycles. The van der Waals surface area contributed by atoms with Gasteiger partial charge in [-0.3, -0.25) is 0 Å². The van der Waals surface area contributed by atoms with Crippen LogP contribution in [0.2, 0.25) is 0 Å². The first-order chi connectivity index (χ1) is 8.49. The summed E-state index contributed by atoms with van der Waals surface area (Å²) in [7, 11) is 0. The minimum absolute atomic E-state index is 0.102. The van der Waals surface area contributed by atoms with E-state index in [0.29, 0.717) is 12.0 Å². The Balaban J connectivity index is 2.24. The molecule has 1 atom stereocenters. The normalized spacial score (nSPS) is 12.7. The van der Waals surface area contributed by atoms with Gasteiger partial charge in [-0.25, -0.2) is 8.78 Å². The fraction of sp³-hybridized carbons (Fsp3) is 0.167. The molecule has 0 radical (unpaired) electrons. The van der Waals surface area contributed by atoms with E-state index in [2.05, 4.69) is 31.9 Å². The molecule has 2 N–H and O–H groups in total. The number of thiophene rings is 1. The van der Waals surface area contributed by atoms with Gasteiger partial charge in [0.2, 0.25) is 0 Å². The molecule has 0 aliphatic carbocycles. The summed E-state index contributed by atoms with van der Waals surface area (Å²) in [4.78, 5) is 1.09. The lowest BCUT2D eigenvalue weighted by Gasteiger charge is -2.13. The topological polar surface area (TPSA) is 26.0 Å². The van der Waals surface area contributed by atoms with Gasteiger partial charge in [0.1, 0.15) is 0 Å². The number of rotatable bonds is 3. The molecule has 1 aromatic heterocycles. The Labute approximate surface area is 124 Å². The van der Waals surface area contributed by atoms with Crippen molar-refractivity contribution >= 4 is 43.2 Å². The third kappa shape index (κ3) is 2.99. The van der Waals surface area contributed by atoms with Crippen molar-refractivity contribution in [1.29, 1.82) is 0 Å². The first kappa shape index (κ1) is 14.1. The van der Waals surface area contributed by atoms with Crippen LogP contribution in [0.15, 0.2) is 32.5 Å². The van der Waals surface area contributed by atoms with Gasteiger partial charge in [-0.1, -0.05) is 6.07 Å². The Morgan fingerprint density at radius 1 is 1.28 bits per heavy atom. The Morgan fingerprint density at radius 2 is 2.00 bits per heavy atom. The van der Waals surface area contributed by atoms with E-state index in [4.69, 9.17) is 5.73 Å². The van der Waals surface area contributed by atoms with E-state index in [-0.39, 0.29) is 10.5 Å². The Morgan fingerprint density at radius 3 is 2.61 bits per heavy atom. The van der Waals surface area contributed by atoms with Crippen LogP contribution < -0.4 is 5.73 Å². The molecule has 0 saturated carbocycles. The van der Waals surface area contributed by atoms with E-state index in [1.807, 2.05) is 11.4 Å². The highest BCUT2D eigenvalue weighted by Crippen LogP contribution is 2.30. The highest BCUT2D eigenvalue weighted by molar-refractivity contribution is 9.10. The van der Waals surface area contributed by atoms with Crippen LogP contribution in [0.5, 0.6) is 0 Å². The van der Waals surface area contributed by atoms with Gasteiger partial charge in [0.05, 0.1) is 4.47 Å². The van der Waals surface area contributed by atoms with Crippen LogP contribution in [0.1, 0.15) is 16.5 Å². The van der Waals surface area contributed by atoms with Crippen LogP contribution in [0.25, 0.3) is 0 Å². The molecule has 0 spiro atoms. The predicted octanol–water partition coefficient (Wildman–Crippen LogP) is 4.79. The van der Waals surface area contributed by atoms with E-state index >= 15 is 0 Å². The summed E-state index contributed by atoms with van der Waals surface area (Å²) in [5, 5.41) is 1.96. The standard InChI is InChI=1S/C12H9Br2F2NS/c13-6-3-7(18-5-6)4-10(17)8-1-2-9(15)12(16)11(8)14/h1-3,5,10H,4,17H2. The SMILES string of the molecule is NC(Cc1cc(Br)cs1)c1ccc(F)c(F)c1Br. The maximum atomic E-state index is 13.4. The average molecular weight is 397 g/mol. The minimum Gasteiger partial charge on any atom is -0.324 e. The second-order valence-corrected chi connectivity index (χ2v) is 6.51. The maximum Gasteiger partial charge on any atom is 0.173 e. The summed E-state index contributed by atoms with van der Waals surface area (Å²) in [5.41, 5.74) is 6.60. The smallest absolute Gasteiger partial charge is 0.173 e. The van der Waals surface area contributed by atoms with Crippen molar-refractivity contribution in [2.24, 2.45) is 5.73 Å². The van der Waals surface area contributed by atoms with Gasteiger partial charge in [-0.2, -0.15) is 0 Å². The van der Waals surface area contributed by atoms with Crippen molar-refractivity contribution < 1.29 is 8.78 Å². The van der Waals surface area contributed by atoms with E-state index in [1.165, 1.54) is 6.07 Å². The predicted molar refractivity (Wildman–Crippen MR) is 76.7 cm³/mol. The van der Waals surface area contributed by atoms with E-state index in [1.54, 1.807) is 11.3 Å². The van der Waals surface area contributed by atoms with Gasteiger partial charge in [-0.05, 0) is 49.6 Å². The van der Waals surface area contributed by atoms with Gasteiger partial charge in [0.15, 0.2) is 11.6 Å². The van der Waals surface area contributed by atoms with Gasteiger partial charge in [0, 0.05) is 27.2 Å². The van der Waals surface area contributed by atoms with Gasteiger partial charge < -0.3 is 5.73 Å². The summed E-state index contributed by atoms with van der Waals surface area (Å²) < 4.78 is 27.5. The minimum atomic E-state index is -0.893. The van der Waals surface area contributed by atoms with Crippen molar-refractivity contribution in [2.75, 3.05) is 0 Å². The molecule has 18 heavy (non-hydrogen) atoms. The van der Waals surface area contributed by atoms with Crippen molar-refractivity contribution in [3.05, 3.63) is 54.6 Å². The monoisotopic (exact) mass is 395 g/mol. The Kier molecular flexibility index (Phi) is 4.53. The summed E-state index contributed by atoms with van der Waals surface area (Å²) in [5.74, 6) is -1.77. The molecule has 1 heterocycles. The largest absolute Gasteiger partial charge is 0.324 e. The molecule has 0 aliphatic heterocycles. The molecular weight excluding hydrogens is 388 g/mol. The first-order valence-corrected chi connectivity index (χ1v) is 7.57. The van der Waals surface area contributed by atoms with E-state index in [9.17, 15) is 8.78 Å². The van der Waals surface area contributed by atoms with Crippen LogP contribution in [0, 0.1) is 11.6 Å². The molecule has 0 aliphatic rings. The summed E-state index contributed by atoms with van der Waals surface area (Å²) in [6.45, 7) is 0. The number of hydrogen-bond acceptors (Lipinski definition) is 2. The molecule has 1 unspecified atom stereocenters. The zero-order valence-corrected chi connectivity index (χ0v) is 13.1. The zero-order chi connectivity index (χ0) is 13.3. The molecule has 96 valence electrons. The lowest BCUT2D eigenvalue weighted by Crippen LogP contribution is -2.14. The molecule has 6 heteroatoms.